The van der Waals surface area contributed by atoms with E-state index >= 15 is 0 Å². The maximum atomic E-state index is 12.0. The van der Waals surface area contributed by atoms with E-state index in [-0.39, 0.29) is 18.4 Å². The summed E-state index contributed by atoms with van der Waals surface area (Å²) in [7, 11) is 0. The molecular weight excluding hydrogens is 242 g/mol. The van der Waals surface area contributed by atoms with E-state index in [0.717, 1.165) is 31.6 Å². The summed E-state index contributed by atoms with van der Waals surface area (Å²) in [6.45, 7) is 1.83. The van der Waals surface area contributed by atoms with Crippen molar-refractivity contribution >= 4 is 11.6 Å². The number of carbonyl (C=O) groups excluding carboxylic acids is 1. The van der Waals surface area contributed by atoms with Gasteiger partial charge in [0.05, 0.1) is 0 Å². The summed E-state index contributed by atoms with van der Waals surface area (Å²) < 4.78 is 5.15. The predicted molar refractivity (Wildman–Crippen MR) is 71.8 cm³/mol. The Hall–Kier alpha value is -2.06. The van der Waals surface area contributed by atoms with Crippen LogP contribution in [-0.2, 0) is 4.79 Å². The largest absolute Gasteiger partial charge is 0.479 e. The molecule has 1 aromatic carbocycles. The van der Waals surface area contributed by atoms with Gasteiger partial charge in [-0.05, 0) is 50.2 Å². The van der Waals surface area contributed by atoms with Crippen LogP contribution in [-0.4, -0.2) is 25.6 Å². The average molecular weight is 259 g/mol. The number of hydrogen-bond donors (Lipinski definition) is 2. The minimum atomic E-state index is 0.0286. The van der Waals surface area contributed by atoms with Crippen molar-refractivity contribution in [2.75, 3.05) is 25.0 Å². The number of ether oxygens (including phenoxy) is 1. The molecule has 2 rings (SSSR count). The lowest BCUT2D eigenvalue weighted by Gasteiger charge is -2.21. The smallest absolute Gasteiger partial charge is 0.227 e. The van der Waals surface area contributed by atoms with Crippen molar-refractivity contribution in [2.45, 2.75) is 12.8 Å². The van der Waals surface area contributed by atoms with Crippen LogP contribution >= 0.6 is 0 Å². The third kappa shape index (κ3) is 3.97. The number of anilines is 1. The lowest BCUT2D eigenvalue weighted by atomic mass is 9.97. The van der Waals surface area contributed by atoms with Gasteiger partial charge in [0, 0.05) is 11.6 Å². The minimum absolute atomic E-state index is 0.0286. The highest BCUT2D eigenvalue weighted by Crippen LogP contribution is 2.18. The van der Waals surface area contributed by atoms with Crippen LogP contribution in [0.5, 0.6) is 5.75 Å². The van der Waals surface area contributed by atoms with Gasteiger partial charge in [0.2, 0.25) is 5.91 Å². The van der Waals surface area contributed by atoms with Crippen LogP contribution in [0.4, 0.5) is 5.69 Å². The molecule has 1 saturated heterocycles. The highest BCUT2D eigenvalue weighted by Gasteiger charge is 2.20. The molecule has 0 saturated carbocycles. The fraction of sp³-hybridized carbons (Fsp3) is 0.429. The molecule has 0 atom stereocenters. The molecule has 2 N–H and O–H groups in total. The fourth-order valence-corrected chi connectivity index (χ4v) is 2.08. The van der Waals surface area contributed by atoms with Gasteiger partial charge in [-0.2, -0.15) is 5.26 Å². The van der Waals surface area contributed by atoms with Crippen molar-refractivity contribution in [2.24, 2.45) is 5.92 Å². The van der Waals surface area contributed by atoms with Crippen LogP contribution in [0.1, 0.15) is 12.8 Å². The molecule has 0 spiro atoms. The van der Waals surface area contributed by atoms with E-state index in [2.05, 4.69) is 10.6 Å². The van der Waals surface area contributed by atoms with Crippen molar-refractivity contribution in [3.63, 3.8) is 0 Å². The Bertz CT molecular complexity index is 459. The number of nitrogens with zero attached hydrogens (tertiary/aromatic N) is 1. The Labute approximate surface area is 112 Å². The van der Waals surface area contributed by atoms with Crippen LogP contribution in [0.15, 0.2) is 24.3 Å². The topological polar surface area (TPSA) is 74.1 Å². The van der Waals surface area contributed by atoms with E-state index in [1.54, 1.807) is 24.3 Å². The van der Waals surface area contributed by atoms with E-state index < -0.39 is 0 Å². The molecule has 5 heteroatoms. The molecule has 1 amide bonds. The normalized spacial score (nSPS) is 15.5. The third-order valence-electron chi connectivity index (χ3n) is 3.14. The fourth-order valence-electron chi connectivity index (χ4n) is 2.08. The van der Waals surface area contributed by atoms with Gasteiger partial charge in [0.1, 0.15) is 11.8 Å². The summed E-state index contributed by atoms with van der Waals surface area (Å²) >= 11 is 0. The molecule has 1 fully saturated rings. The molecule has 0 aromatic heterocycles. The Kier molecular flexibility index (Phi) is 4.76. The van der Waals surface area contributed by atoms with Crippen molar-refractivity contribution in [1.29, 1.82) is 5.26 Å². The highest BCUT2D eigenvalue weighted by molar-refractivity contribution is 5.92. The zero-order chi connectivity index (χ0) is 13.5. The zero-order valence-corrected chi connectivity index (χ0v) is 10.7. The van der Waals surface area contributed by atoms with Crippen LogP contribution < -0.4 is 15.4 Å². The maximum absolute atomic E-state index is 12.0. The van der Waals surface area contributed by atoms with E-state index in [4.69, 9.17) is 10.00 Å². The van der Waals surface area contributed by atoms with Crippen molar-refractivity contribution in [3.05, 3.63) is 24.3 Å². The number of piperidine rings is 1. The molecule has 1 aliphatic rings. The molecule has 1 aliphatic heterocycles. The van der Waals surface area contributed by atoms with Gasteiger partial charge in [-0.3, -0.25) is 4.79 Å². The Balaban J connectivity index is 1.88. The summed E-state index contributed by atoms with van der Waals surface area (Å²) in [6, 6.07) is 8.97. The van der Waals surface area contributed by atoms with Gasteiger partial charge in [0.25, 0.3) is 0 Å². The van der Waals surface area contributed by atoms with Gasteiger partial charge in [-0.15, -0.1) is 0 Å². The Morgan fingerprint density at radius 3 is 2.68 bits per heavy atom. The minimum Gasteiger partial charge on any atom is -0.479 e. The van der Waals surface area contributed by atoms with Crippen molar-refractivity contribution < 1.29 is 9.53 Å². The standard InChI is InChI=1S/C14H17N3O2/c15-7-10-19-13-3-1-12(2-4-13)17-14(18)11-5-8-16-9-6-11/h1-4,11,16H,5-6,8-10H2,(H,17,18). The Morgan fingerprint density at radius 1 is 1.37 bits per heavy atom. The number of carbonyl (C=O) groups is 1. The van der Waals surface area contributed by atoms with Gasteiger partial charge in [0.15, 0.2) is 6.61 Å². The molecule has 1 heterocycles. The predicted octanol–water partition coefficient (Wildman–Crippen LogP) is 1.53. The quantitative estimate of drug-likeness (QED) is 0.860. The van der Waals surface area contributed by atoms with E-state index in [1.807, 2.05) is 6.07 Å². The first kappa shape index (κ1) is 13.4. The molecule has 5 nitrogen and oxygen atoms in total. The molecule has 0 aliphatic carbocycles. The zero-order valence-electron chi connectivity index (χ0n) is 10.7. The lowest BCUT2D eigenvalue weighted by molar-refractivity contribution is -0.120. The van der Waals surface area contributed by atoms with Crippen LogP contribution in [0.3, 0.4) is 0 Å². The lowest BCUT2D eigenvalue weighted by Crippen LogP contribution is -2.34. The number of nitriles is 1. The average Bonchev–Trinajstić information content (AvgIpc) is 2.47. The first-order valence-electron chi connectivity index (χ1n) is 6.41. The summed E-state index contributed by atoms with van der Waals surface area (Å²) in [4.78, 5) is 12.0. The second-order valence-corrected chi connectivity index (χ2v) is 4.48. The molecule has 1 aromatic rings. The van der Waals surface area contributed by atoms with E-state index in [0.29, 0.717) is 5.75 Å². The number of benzene rings is 1. The number of nitrogens with one attached hydrogen (secondary N) is 2. The molecule has 100 valence electrons. The van der Waals surface area contributed by atoms with E-state index in [1.165, 1.54) is 0 Å². The highest BCUT2D eigenvalue weighted by atomic mass is 16.5. The Morgan fingerprint density at radius 2 is 2.05 bits per heavy atom. The SMILES string of the molecule is N#CCOc1ccc(NC(=O)C2CCNCC2)cc1. The number of amides is 1. The first-order valence-corrected chi connectivity index (χ1v) is 6.41. The van der Waals surface area contributed by atoms with Crippen LogP contribution in [0.2, 0.25) is 0 Å². The summed E-state index contributed by atoms with van der Waals surface area (Å²) in [5.74, 6) is 0.796. The van der Waals surface area contributed by atoms with Crippen LogP contribution in [0, 0.1) is 17.2 Å². The number of hydrogen-bond acceptors (Lipinski definition) is 4. The molecule has 0 bridgehead atoms. The number of rotatable bonds is 4. The van der Waals surface area contributed by atoms with Crippen LogP contribution in [0.25, 0.3) is 0 Å². The molecular formula is C14H17N3O2. The second-order valence-electron chi connectivity index (χ2n) is 4.48. The summed E-state index contributed by atoms with van der Waals surface area (Å²) in [6.07, 6.45) is 1.77. The monoisotopic (exact) mass is 259 g/mol. The third-order valence-corrected chi connectivity index (χ3v) is 3.14. The van der Waals surface area contributed by atoms with Gasteiger partial charge in [-0.25, -0.2) is 0 Å². The summed E-state index contributed by atoms with van der Waals surface area (Å²) in [5, 5.41) is 14.6. The van der Waals surface area contributed by atoms with Gasteiger partial charge in [-0.1, -0.05) is 0 Å². The summed E-state index contributed by atoms with van der Waals surface area (Å²) in [5.41, 5.74) is 0.757. The molecule has 0 radical (unpaired) electrons. The van der Waals surface area contributed by atoms with Gasteiger partial charge < -0.3 is 15.4 Å². The molecule has 0 unspecified atom stereocenters. The first-order chi connectivity index (χ1) is 9.29. The maximum Gasteiger partial charge on any atom is 0.227 e. The van der Waals surface area contributed by atoms with Crippen molar-refractivity contribution in [3.8, 4) is 11.8 Å². The second kappa shape index (κ2) is 6.76. The van der Waals surface area contributed by atoms with Crippen molar-refractivity contribution in [1.82, 2.24) is 5.32 Å². The van der Waals surface area contributed by atoms with E-state index in [9.17, 15) is 4.79 Å². The molecule has 19 heavy (non-hydrogen) atoms. The van der Waals surface area contributed by atoms with Gasteiger partial charge >= 0.3 is 0 Å².